The first kappa shape index (κ1) is 30.4. The van der Waals surface area contributed by atoms with Crippen LogP contribution in [0.15, 0.2) is 36.8 Å². The van der Waals surface area contributed by atoms with Crippen LogP contribution in [0.4, 0.5) is 10.2 Å². The standard InChI is InChI=1S/C27H33FN5O7P.H2/c1-6-8-17-9-11-19(12-10-17)40-41(36,32-16(3)25(35)37-5)38-14-20-22(34)27(4,28)26(39-20)33-13-18(7-2)21-23(29)30-15-31-24(21)33;/h2,9-13,15-16,20,22,26,34H,6,8,14H2,1,3-5H3,(H,32,36)(H2,29,30,31);1H/t16?,20-,22-,26-,27-,41?;/m1./s1. The lowest BCUT2D eigenvalue weighted by molar-refractivity contribution is -0.142. The summed E-state index contributed by atoms with van der Waals surface area (Å²) in [5.41, 5.74) is 5.19. The zero-order valence-electron chi connectivity index (χ0n) is 23.1. The zero-order valence-corrected chi connectivity index (χ0v) is 24.0. The average molecular weight is 592 g/mol. The molecule has 222 valence electrons. The summed E-state index contributed by atoms with van der Waals surface area (Å²) in [6, 6.07) is 5.79. The fraction of sp³-hybridized carbons (Fsp3) is 0.444. The number of nitrogens with one attached hydrogen (secondary N) is 1. The summed E-state index contributed by atoms with van der Waals surface area (Å²) >= 11 is 0. The SMILES string of the molecule is C#Cc1cn([C@@H]2O[C@H](COP(=O)(NC(C)C(=O)OC)Oc3ccc(CCC)cc3)[C@@H](O)[C@@]2(C)F)c2ncnc(N)c12.[HH]. The number of terminal acetylenes is 1. The molecule has 1 fully saturated rings. The highest BCUT2D eigenvalue weighted by Gasteiger charge is 2.56. The Morgan fingerprint density at radius 3 is 2.76 bits per heavy atom. The van der Waals surface area contributed by atoms with E-state index in [-0.39, 0.29) is 18.6 Å². The smallest absolute Gasteiger partial charge is 0.459 e. The minimum Gasteiger partial charge on any atom is -0.468 e. The van der Waals surface area contributed by atoms with Crippen molar-refractivity contribution in [3.63, 3.8) is 0 Å². The molecule has 41 heavy (non-hydrogen) atoms. The maximum atomic E-state index is 16.0. The lowest BCUT2D eigenvalue weighted by Gasteiger charge is -2.25. The van der Waals surface area contributed by atoms with E-state index in [1.807, 2.05) is 19.1 Å². The Labute approximate surface area is 238 Å². The van der Waals surface area contributed by atoms with Gasteiger partial charge in [0.1, 0.15) is 41.8 Å². The predicted molar refractivity (Wildman–Crippen MR) is 151 cm³/mol. The van der Waals surface area contributed by atoms with Crippen LogP contribution in [-0.4, -0.2) is 63.2 Å². The van der Waals surface area contributed by atoms with Gasteiger partial charge >= 0.3 is 13.7 Å². The molecule has 1 aromatic carbocycles. The summed E-state index contributed by atoms with van der Waals surface area (Å²) in [5.74, 6) is 2.07. The van der Waals surface area contributed by atoms with Gasteiger partial charge in [-0.1, -0.05) is 31.4 Å². The van der Waals surface area contributed by atoms with Gasteiger partial charge < -0.3 is 29.4 Å². The third-order valence-electron chi connectivity index (χ3n) is 6.77. The van der Waals surface area contributed by atoms with Gasteiger partial charge in [-0.05, 0) is 38.0 Å². The first-order valence-corrected chi connectivity index (χ1v) is 14.5. The van der Waals surface area contributed by atoms with Crippen LogP contribution >= 0.6 is 7.75 Å². The normalized spacial score (nSPS) is 24.5. The van der Waals surface area contributed by atoms with Crippen molar-refractivity contribution in [2.45, 2.75) is 63.8 Å². The number of carbonyl (C=O) groups is 1. The molecule has 0 aliphatic carbocycles. The van der Waals surface area contributed by atoms with Gasteiger partial charge in [0.05, 0.1) is 24.7 Å². The van der Waals surface area contributed by atoms with Gasteiger partial charge in [0, 0.05) is 7.62 Å². The molecule has 1 aliphatic rings. The number of nitrogens with two attached hydrogens (primary N) is 1. The van der Waals surface area contributed by atoms with Crippen LogP contribution in [0, 0.1) is 12.3 Å². The number of aliphatic hydroxyl groups excluding tert-OH is 1. The average Bonchev–Trinajstić information content (AvgIpc) is 3.43. The van der Waals surface area contributed by atoms with E-state index < -0.39 is 50.5 Å². The highest BCUT2D eigenvalue weighted by atomic mass is 31.2. The minimum absolute atomic E-state index is 0. The van der Waals surface area contributed by atoms with E-state index in [0.717, 1.165) is 25.3 Å². The zero-order chi connectivity index (χ0) is 29.9. The summed E-state index contributed by atoms with van der Waals surface area (Å²) < 4.78 is 53.0. The Hall–Kier alpha value is -3.53. The third-order valence-corrected chi connectivity index (χ3v) is 8.41. The molecule has 0 spiro atoms. The molecule has 0 bridgehead atoms. The van der Waals surface area contributed by atoms with E-state index in [0.29, 0.717) is 10.9 Å². The Morgan fingerprint density at radius 1 is 1.41 bits per heavy atom. The molecule has 1 aliphatic heterocycles. The summed E-state index contributed by atoms with van der Waals surface area (Å²) in [7, 11) is -3.11. The van der Waals surface area contributed by atoms with Gasteiger partial charge in [-0.15, -0.1) is 6.42 Å². The molecule has 12 nitrogen and oxygen atoms in total. The molecule has 0 saturated carbocycles. The lowest BCUT2D eigenvalue weighted by atomic mass is 9.98. The van der Waals surface area contributed by atoms with Crippen molar-refractivity contribution in [1.29, 1.82) is 0 Å². The minimum atomic E-state index is -4.29. The molecule has 14 heteroatoms. The number of hydrogen-bond acceptors (Lipinski definition) is 10. The fourth-order valence-electron chi connectivity index (χ4n) is 4.62. The Balaban J connectivity index is 0.00000484. The second-order valence-corrected chi connectivity index (χ2v) is 11.5. The maximum absolute atomic E-state index is 16.0. The van der Waals surface area contributed by atoms with Crippen LogP contribution in [0.25, 0.3) is 11.0 Å². The molecule has 4 N–H and O–H groups in total. The van der Waals surface area contributed by atoms with Crippen molar-refractivity contribution < 1.29 is 38.8 Å². The Morgan fingerprint density at radius 2 is 2.12 bits per heavy atom. The second kappa shape index (κ2) is 12.1. The molecule has 4 rings (SSSR count). The predicted octanol–water partition coefficient (Wildman–Crippen LogP) is 3.53. The number of ether oxygens (including phenoxy) is 2. The number of aliphatic hydroxyl groups is 1. The Kier molecular flexibility index (Phi) is 9.01. The molecule has 3 aromatic rings. The molecular weight excluding hydrogens is 556 g/mol. The van der Waals surface area contributed by atoms with Crippen molar-refractivity contribution in [2.24, 2.45) is 0 Å². The van der Waals surface area contributed by atoms with Crippen molar-refractivity contribution in [3.05, 3.63) is 47.9 Å². The number of alkyl halides is 1. The van der Waals surface area contributed by atoms with Crippen LogP contribution in [0.3, 0.4) is 0 Å². The van der Waals surface area contributed by atoms with E-state index in [9.17, 15) is 14.5 Å². The quantitative estimate of drug-likeness (QED) is 0.170. The van der Waals surface area contributed by atoms with Gasteiger partial charge in [-0.3, -0.25) is 9.32 Å². The van der Waals surface area contributed by atoms with Gasteiger partial charge in [-0.2, -0.15) is 5.09 Å². The molecule has 0 radical (unpaired) electrons. The number of aryl methyl sites for hydroxylation is 1. The first-order valence-electron chi connectivity index (χ1n) is 12.9. The lowest BCUT2D eigenvalue weighted by Crippen LogP contribution is -2.41. The number of halogens is 1. The van der Waals surface area contributed by atoms with Crippen LogP contribution in [0.5, 0.6) is 5.75 Å². The summed E-state index contributed by atoms with van der Waals surface area (Å²) in [6.45, 7) is 4.05. The number of anilines is 1. The number of aromatic nitrogens is 3. The van der Waals surface area contributed by atoms with Crippen molar-refractivity contribution in [3.8, 4) is 18.1 Å². The summed E-state index contributed by atoms with van der Waals surface area (Å²) in [6.07, 6.45) is 5.61. The molecule has 6 atom stereocenters. The van der Waals surface area contributed by atoms with Crippen molar-refractivity contribution in [1.82, 2.24) is 19.6 Å². The largest absolute Gasteiger partial charge is 0.468 e. The van der Waals surface area contributed by atoms with Gasteiger partial charge in [0.25, 0.3) is 0 Å². The number of esters is 1. The number of benzene rings is 1. The molecular formula is C27H35FN5O7P. The number of fused-ring (bicyclic) bond motifs is 1. The molecule has 2 unspecified atom stereocenters. The van der Waals surface area contributed by atoms with E-state index >= 15 is 4.39 Å². The van der Waals surface area contributed by atoms with E-state index in [2.05, 4.69) is 21.0 Å². The fourth-order valence-corrected chi connectivity index (χ4v) is 6.12. The van der Waals surface area contributed by atoms with Crippen LogP contribution in [-0.2, 0) is 29.8 Å². The highest BCUT2D eigenvalue weighted by Crippen LogP contribution is 2.48. The number of hydrogen-bond donors (Lipinski definition) is 3. The molecule has 1 saturated heterocycles. The highest BCUT2D eigenvalue weighted by molar-refractivity contribution is 7.52. The van der Waals surface area contributed by atoms with Gasteiger partial charge in [-0.25, -0.2) is 18.9 Å². The number of nitrogens with zero attached hydrogens (tertiary/aromatic N) is 3. The van der Waals surface area contributed by atoms with Crippen molar-refractivity contribution >= 4 is 30.6 Å². The third kappa shape index (κ3) is 6.22. The Bertz CT molecular complexity index is 1500. The second-order valence-electron chi connectivity index (χ2n) is 9.83. The number of methoxy groups -OCH3 is 1. The van der Waals surface area contributed by atoms with E-state index in [1.165, 1.54) is 31.1 Å². The van der Waals surface area contributed by atoms with E-state index in [1.54, 1.807) is 12.1 Å². The van der Waals surface area contributed by atoms with Crippen LogP contribution in [0.1, 0.15) is 46.0 Å². The maximum Gasteiger partial charge on any atom is 0.459 e. The van der Waals surface area contributed by atoms with Gasteiger partial charge in [0.15, 0.2) is 11.9 Å². The molecule has 2 aromatic heterocycles. The number of carbonyl (C=O) groups excluding carboxylic acids is 1. The monoisotopic (exact) mass is 591 g/mol. The van der Waals surface area contributed by atoms with Crippen molar-refractivity contribution in [2.75, 3.05) is 19.5 Å². The van der Waals surface area contributed by atoms with Gasteiger partial charge in [0.2, 0.25) is 0 Å². The van der Waals surface area contributed by atoms with Crippen LogP contribution in [0.2, 0.25) is 0 Å². The van der Waals surface area contributed by atoms with Crippen LogP contribution < -0.4 is 15.3 Å². The van der Waals surface area contributed by atoms with E-state index in [4.69, 9.17) is 30.7 Å². The molecule has 3 heterocycles. The number of rotatable bonds is 11. The molecule has 0 amide bonds. The topological polar surface area (TPSA) is 160 Å². The summed E-state index contributed by atoms with van der Waals surface area (Å²) in [4.78, 5) is 20.2. The summed E-state index contributed by atoms with van der Waals surface area (Å²) in [5, 5.41) is 13.8. The first-order chi connectivity index (χ1) is 19.4. The number of nitrogen functional groups attached to an aromatic ring is 1.